The van der Waals surface area contributed by atoms with Crippen molar-refractivity contribution in [2.45, 2.75) is 12.5 Å². The molecule has 0 fully saturated rings. The normalized spacial score (nSPS) is 16.4. The standard InChI is InChI=1S/C18H16N4O3/c1-24-15-8-4-13(5-9-15)17-10-16(19-20-17)12-2-6-14(7-3-12)22-11-18(23)25-21-22/h2-9,11,17H,10H2,1H3,(H-,20,21,23). The molecule has 2 heterocycles. The Balaban J connectivity index is 1.47. The van der Waals surface area contributed by atoms with E-state index in [9.17, 15) is 5.11 Å². The van der Waals surface area contributed by atoms with Crippen LogP contribution in [-0.2, 0) is 0 Å². The van der Waals surface area contributed by atoms with Gasteiger partial charge in [-0.2, -0.15) is 5.10 Å². The summed E-state index contributed by atoms with van der Waals surface area (Å²) in [7, 11) is 1.66. The van der Waals surface area contributed by atoms with E-state index in [1.807, 2.05) is 48.5 Å². The highest BCUT2D eigenvalue weighted by molar-refractivity contribution is 6.01. The molecule has 0 aliphatic carbocycles. The molecule has 7 heteroatoms. The largest absolute Gasteiger partial charge is 0.539 e. The fourth-order valence-electron chi connectivity index (χ4n) is 2.81. The zero-order valence-corrected chi connectivity index (χ0v) is 13.5. The van der Waals surface area contributed by atoms with Gasteiger partial charge in [0.25, 0.3) is 0 Å². The third-order valence-electron chi connectivity index (χ3n) is 4.18. The maximum Gasteiger partial charge on any atom is 0.239 e. The van der Waals surface area contributed by atoms with Gasteiger partial charge in [-0.3, -0.25) is 0 Å². The van der Waals surface area contributed by atoms with Crippen molar-refractivity contribution in [1.82, 2.24) is 10.7 Å². The van der Waals surface area contributed by atoms with Crippen LogP contribution in [0, 0.1) is 0 Å². The predicted octanol–water partition coefficient (Wildman–Crippen LogP) is 1.47. The van der Waals surface area contributed by atoms with Gasteiger partial charge in [-0.05, 0) is 40.1 Å². The van der Waals surface area contributed by atoms with Gasteiger partial charge in [-0.15, -0.1) is 0 Å². The van der Waals surface area contributed by atoms with Crippen molar-refractivity contribution in [1.29, 1.82) is 0 Å². The minimum Gasteiger partial charge on any atom is -0.539 e. The summed E-state index contributed by atoms with van der Waals surface area (Å²) in [6, 6.07) is 15.8. The van der Waals surface area contributed by atoms with Crippen molar-refractivity contribution < 1.29 is 19.0 Å². The van der Waals surface area contributed by atoms with E-state index in [4.69, 9.17) is 4.74 Å². The molecule has 0 saturated heterocycles. The minimum absolute atomic E-state index is 0.147. The summed E-state index contributed by atoms with van der Waals surface area (Å²) < 4.78 is 11.1. The number of ether oxygens (including phenoxy) is 1. The van der Waals surface area contributed by atoms with Crippen LogP contribution in [0.4, 0.5) is 0 Å². The van der Waals surface area contributed by atoms with Crippen LogP contribution >= 0.6 is 0 Å². The Hall–Kier alpha value is -3.35. The molecule has 1 unspecified atom stereocenters. The van der Waals surface area contributed by atoms with Crippen molar-refractivity contribution in [2.24, 2.45) is 5.10 Å². The highest BCUT2D eigenvalue weighted by Gasteiger charge is 2.21. The lowest BCUT2D eigenvalue weighted by Gasteiger charge is -2.10. The van der Waals surface area contributed by atoms with E-state index in [1.54, 1.807) is 7.11 Å². The summed E-state index contributed by atoms with van der Waals surface area (Å²) in [6.45, 7) is 0. The molecule has 0 spiro atoms. The molecule has 1 N–H and O–H groups in total. The average molecular weight is 336 g/mol. The van der Waals surface area contributed by atoms with Crippen LogP contribution < -0.4 is 20.0 Å². The molecule has 0 radical (unpaired) electrons. The molecule has 2 aromatic carbocycles. The van der Waals surface area contributed by atoms with E-state index in [-0.39, 0.29) is 6.04 Å². The lowest BCUT2D eigenvalue weighted by molar-refractivity contribution is -0.670. The maximum atomic E-state index is 11.1. The maximum absolute atomic E-state index is 11.1. The Labute approximate surface area is 144 Å². The van der Waals surface area contributed by atoms with Crippen LogP contribution in [0.15, 0.2) is 64.4 Å². The Morgan fingerprint density at radius 3 is 2.56 bits per heavy atom. The topological polar surface area (TPSA) is 86.6 Å². The monoisotopic (exact) mass is 336 g/mol. The number of nitrogens with zero attached hydrogens (tertiary/aromatic N) is 3. The van der Waals surface area contributed by atoms with Crippen LogP contribution in [-0.4, -0.2) is 18.1 Å². The van der Waals surface area contributed by atoms with E-state index in [1.165, 1.54) is 10.9 Å². The number of hydrogen-bond acceptors (Lipinski definition) is 6. The van der Waals surface area contributed by atoms with Crippen LogP contribution in [0.1, 0.15) is 23.6 Å². The average Bonchev–Trinajstić information content (AvgIpc) is 3.31. The number of rotatable bonds is 4. The SMILES string of the molecule is COc1ccc(C2CC(c3ccc(-[n+]4cc([O-])on4)cc3)=NN2)cc1. The Morgan fingerprint density at radius 2 is 1.92 bits per heavy atom. The third-order valence-corrected chi connectivity index (χ3v) is 4.18. The van der Waals surface area contributed by atoms with E-state index in [2.05, 4.69) is 20.3 Å². The van der Waals surface area contributed by atoms with E-state index < -0.39 is 5.95 Å². The summed E-state index contributed by atoms with van der Waals surface area (Å²) in [4.78, 5) is 0. The number of hydrogen-bond donors (Lipinski definition) is 1. The summed E-state index contributed by atoms with van der Waals surface area (Å²) >= 11 is 0. The van der Waals surface area contributed by atoms with Gasteiger partial charge in [-0.25, -0.2) is 0 Å². The molecule has 7 nitrogen and oxygen atoms in total. The Morgan fingerprint density at radius 1 is 1.16 bits per heavy atom. The number of methoxy groups -OCH3 is 1. The fraction of sp³-hybridized carbons (Fsp3) is 0.167. The molecule has 126 valence electrons. The number of nitrogens with one attached hydrogen (secondary N) is 1. The van der Waals surface area contributed by atoms with Gasteiger partial charge >= 0.3 is 0 Å². The van der Waals surface area contributed by atoms with Crippen molar-refractivity contribution in [3.8, 4) is 17.4 Å². The van der Waals surface area contributed by atoms with Gasteiger partial charge in [0.2, 0.25) is 11.9 Å². The summed E-state index contributed by atoms with van der Waals surface area (Å²) in [5, 5.41) is 19.2. The molecular formula is C18H16N4O3. The molecule has 0 amide bonds. The smallest absolute Gasteiger partial charge is 0.239 e. The molecule has 1 aliphatic rings. The zero-order valence-electron chi connectivity index (χ0n) is 13.5. The molecular weight excluding hydrogens is 320 g/mol. The minimum atomic E-state index is -0.476. The van der Waals surface area contributed by atoms with Gasteiger partial charge in [0.1, 0.15) is 11.7 Å². The summed E-state index contributed by atoms with van der Waals surface area (Å²) in [5.41, 5.74) is 7.12. The van der Waals surface area contributed by atoms with Gasteiger partial charge < -0.3 is 19.8 Å². The highest BCUT2D eigenvalue weighted by atomic mass is 16.6. The molecule has 0 saturated carbocycles. The van der Waals surface area contributed by atoms with Gasteiger partial charge in [0.15, 0.2) is 0 Å². The first-order valence-electron chi connectivity index (χ1n) is 7.85. The number of hydrazone groups is 1. The lowest BCUT2D eigenvalue weighted by atomic mass is 9.99. The van der Waals surface area contributed by atoms with Gasteiger partial charge in [0.05, 0.1) is 24.1 Å². The van der Waals surface area contributed by atoms with Crippen LogP contribution in [0.25, 0.3) is 5.69 Å². The number of benzene rings is 2. The Kier molecular flexibility index (Phi) is 3.81. The van der Waals surface area contributed by atoms with Crippen molar-refractivity contribution >= 4 is 5.71 Å². The zero-order chi connectivity index (χ0) is 17.2. The van der Waals surface area contributed by atoms with Crippen LogP contribution in [0.3, 0.4) is 0 Å². The second kappa shape index (κ2) is 6.27. The number of aromatic nitrogens is 2. The molecule has 0 bridgehead atoms. The molecule has 4 rings (SSSR count). The van der Waals surface area contributed by atoms with Gasteiger partial charge in [-0.1, -0.05) is 12.1 Å². The molecule has 25 heavy (non-hydrogen) atoms. The van der Waals surface area contributed by atoms with Crippen molar-refractivity contribution in [3.63, 3.8) is 0 Å². The summed E-state index contributed by atoms with van der Waals surface area (Å²) in [5.74, 6) is 0.362. The molecule has 1 atom stereocenters. The summed E-state index contributed by atoms with van der Waals surface area (Å²) in [6.07, 6.45) is 2.09. The Bertz CT molecular complexity index is 901. The first kappa shape index (κ1) is 15.2. The van der Waals surface area contributed by atoms with E-state index in [0.29, 0.717) is 0 Å². The quantitative estimate of drug-likeness (QED) is 0.729. The second-order valence-corrected chi connectivity index (χ2v) is 5.73. The van der Waals surface area contributed by atoms with Crippen molar-refractivity contribution in [3.05, 3.63) is 65.9 Å². The second-order valence-electron chi connectivity index (χ2n) is 5.73. The van der Waals surface area contributed by atoms with E-state index in [0.717, 1.165) is 34.7 Å². The first-order valence-corrected chi connectivity index (χ1v) is 7.85. The molecule has 1 aliphatic heterocycles. The molecule has 1 aromatic heterocycles. The van der Waals surface area contributed by atoms with Gasteiger partial charge in [0, 0.05) is 18.6 Å². The van der Waals surface area contributed by atoms with E-state index >= 15 is 0 Å². The first-order chi connectivity index (χ1) is 12.2. The van der Waals surface area contributed by atoms with Crippen molar-refractivity contribution in [2.75, 3.05) is 7.11 Å². The highest BCUT2D eigenvalue weighted by Crippen LogP contribution is 2.26. The van der Waals surface area contributed by atoms with Crippen LogP contribution in [0.2, 0.25) is 0 Å². The van der Waals surface area contributed by atoms with Crippen LogP contribution in [0.5, 0.6) is 11.7 Å². The predicted molar refractivity (Wildman–Crippen MR) is 87.5 cm³/mol. The molecule has 3 aromatic rings. The lowest BCUT2D eigenvalue weighted by Crippen LogP contribution is -2.31. The fourth-order valence-corrected chi connectivity index (χ4v) is 2.81. The third kappa shape index (κ3) is 3.03.